The zero-order valence-electron chi connectivity index (χ0n) is 14.3. The number of benzene rings is 1. The first kappa shape index (κ1) is 18.7. The van der Waals surface area contributed by atoms with Crippen molar-refractivity contribution in [2.24, 2.45) is 0 Å². The number of nitrogens with zero attached hydrogens (tertiary/aromatic N) is 2. The minimum absolute atomic E-state index is 0.167. The van der Waals surface area contributed by atoms with Crippen molar-refractivity contribution < 1.29 is 4.79 Å². The van der Waals surface area contributed by atoms with Crippen LogP contribution >= 0.6 is 28.1 Å². The van der Waals surface area contributed by atoms with Gasteiger partial charge in [-0.15, -0.1) is 0 Å². The van der Waals surface area contributed by atoms with Crippen LogP contribution in [0.1, 0.15) is 36.4 Å². The Labute approximate surface area is 167 Å². The summed E-state index contributed by atoms with van der Waals surface area (Å²) in [5.74, 6) is -0.214. The number of piperidine rings is 1. The highest BCUT2D eigenvalue weighted by atomic mass is 79.9. The maximum atomic E-state index is 12.2. The Morgan fingerprint density at radius 1 is 1.27 bits per heavy atom. The number of rotatable bonds is 3. The van der Waals surface area contributed by atoms with E-state index in [9.17, 15) is 4.79 Å². The van der Waals surface area contributed by atoms with Crippen LogP contribution in [0.4, 0.5) is 0 Å². The molecule has 1 aromatic carbocycles. The Morgan fingerprint density at radius 2 is 2.08 bits per heavy atom. The number of hydrogen-bond acceptors (Lipinski definition) is 3. The molecule has 0 radical (unpaired) electrons. The number of nitrogens with one attached hydrogen (secondary N) is 1. The van der Waals surface area contributed by atoms with Gasteiger partial charge in [0.05, 0.1) is 6.04 Å². The molecule has 26 heavy (non-hydrogen) atoms. The largest absolute Gasteiger partial charge is 0.342 e. The maximum Gasteiger partial charge on any atom is 0.250 e. The summed E-state index contributed by atoms with van der Waals surface area (Å²) in [4.78, 5) is 18.6. The molecule has 134 valence electrons. The molecule has 1 fully saturated rings. The molecule has 4 nitrogen and oxygen atoms in total. The standard InChI is InChI=1S/C20H20BrN3OS/c21-17-9-6-15(7-10-17)8-11-19(25)23-20(26)24-13-2-1-5-18(24)16-4-3-12-22-14-16/h3-4,6-12,14,18H,1-2,5,13H2,(H,23,25,26)/b11-8+. The van der Waals surface area contributed by atoms with Gasteiger partial charge in [-0.25, -0.2) is 0 Å². The van der Waals surface area contributed by atoms with Gasteiger partial charge < -0.3 is 4.90 Å². The SMILES string of the molecule is O=C(/C=C/c1ccc(Br)cc1)NC(=S)N1CCCCC1c1cccnc1. The van der Waals surface area contributed by atoms with Gasteiger partial charge >= 0.3 is 0 Å². The van der Waals surface area contributed by atoms with Gasteiger partial charge in [0.1, 0.15) is 0 Å². The van der Waals surface area contributed by atoms with Crippen molar-refractivity contribution in [3.05, 3.63) is 70.5 Å². The Kier molecular flexibility index (Phi) is 6.52. The molecule has 0 spiro atoms. The summed E-state index contributed by atoms with van der Waals surface area (Å²) < 4.78 is 1.01. The third-order valence-electron chi connectivity index (χ3n) is 4.36. The summed E-state index contributed by atoms with van der Waals surface area (Å²) in [5.41, 5.74) is 2.09. The van der Waals surface area contributed by atoms with Crippen LogP contribution in [0.2, 0.25) is 0 Å². The highest BCUT2D eigenvalue weighted by molar-refractivity contribution is 9.10. The summed E-state index contributed by atoms with van der Waals surface area (Å²) in [6.07, 6.45) is 10.2. The van der Waals surface area contributed by atoms with Gasteiger partial charge in [-0.05, 0) is 66.9 Å². The molecule has 1 aliphatic rings. The number of carbonyl (C=O) groups excluding carboxylic acids is 1. The molecule has 1 aromatic heterocycles. The number of aromatic nitrogens is 1. The number of hydrogen-bond donors (Lipinski definition) is 1. The smallest absolute Gasteiger partial charge is 0.250 e. The second kappa shape index (κ2) is 9.05. The van der Waals surface area contributed by atoms with Crippen LogP contribution in [0, 0.1) is 0 Å². The van der Waals surface area contributed by atoms with Crippen molar-refractivity contribution in [3.8, 4) is 0 Å². The fourth-order valence-corrected chi connectivity index (χ4v) is 3.64. The van der Waals surface area contributed by atoms with Crippen molar-refractivity contribution in [1.29, 1.82) is 0 Å². The van der Waals surface area contributed by atoms with E-state index in [4.69, 9.17) is 12.2 Å². The summed E-state index contributed by atoms with van der Waals surface area (Å²) in [6, 6.07) is 11.9. The van der Waals surface area contributed by atoms with Crippen LogP contribution in [0.5, 0.6) is 0 Å². The zero-order valence-corrected chi connectivity index (χ0v) is 16.7. The monoisotopic (exact) mass is 429 g/mol. The third-order valence-corrected chi connectivity index (χ3v) is 5.23. The van der Waals surface area contributed by atoms with Gasteiger partial charge in [0, 0.05) is 29.5 Å². The Morgan fingerprint density at radius 3 is 2.81 bits per heavy atom. The molecule has 1 aliphatic heterocycles. The molecule has 0 saturated carbocycles. The second-order valence-corrected chi connectivity index (χ2v) is 7.47. The van der Waals surface area contributed by atoms with E-state index in [1.54, 1.807) is 12.3 Å². The van der Waals surface area contributed by atoms with Crippen LogP contribution < -0.4 is 5.32 Å². The fourth-order valence-electron chi connectivity index (χ4n) is 3.06. The normalized spacial score (nSPS) is 17.3. The Bertz CT molecular complexity index is 792. The van der Waals surface area contributed by atoms with Gasteiger partial charge in [0.15, 0.2) is 5.11 Å². The molecular formula is C20H20BrN3OS. The van der Waals surface area contributed by atoms with Gasteiger partial charge in [-0.2, -0.15) is 0 Å². The molecule has 0 bridgehead atoms. The second-order valence-electron chi connectivity index (χ2n) is 6.17. The van der Waals surface area contributed by atoms with Crippen LogP contribution in [-0.4, -0.2) is 27.4 Å². The van der Waals surface area contributed by atoms with Crippen molar-refractivity contribution in [2.45, 2.75) is 25.3 Å². The van der Waals surface area contributed by atoms with E-state index in [2.05, 4.69) is 37.2 Å². The van der Waals surface area contributed by atoms with Gasteiger partial charge in [0.25, 0.3) is 0 Å². The molecule has 0 aliphatic carbocycles. The zero-order chi connectivity index (χ0) is 18.4. The molecule has 6 heteroatoms. The quantitative estimate of drug-likeness (QED) is 0.576. The molecular weight excluding hydrogens is 410 g/mol. The van der Waals surface area contributed by atoms with Gasteiger partial charge in [-0.1, -0.05) is 34.1 Å². The summed E-state index contributed by atoms with van der Waals surface area (Å²) in [7, 11) is 0. The number of halogens is 1. The number of carbonyl (C=O) groups is 1. The van der Waals surface area contributed by atoms with E-state index >= 15 is 0 Å². The molecule has 1 amide bonds. The van der Waals surface area contributed by atoms with E-state index in [1.807, 2.05) is 36.5 Å². The molecule has 2 aromatic rings. The van der Waals surface area contributed by atoms with Crippen LogP contribution in [0.25, 0.3) is 6.08 Å². The highest BCUT2D eigenvalue weighted by Gasteiger charge is 2.26. The van der Waals surface area contributed by atoms with Crippen molar-refractivity contribution in [2.75, 3.05) is 6.54 Å². The van der Waals surface area contributed by atoms with Crippen LogP contribution in [-0.2, 0) is 4.79 Å². The molecule has 1 atom stereocenters. The highest BCUT2D eigenvalue weighted by Crippen LogP contribution is 2.30. The first-order chi connectivity index (χ1) is 12.6. The average Bonchev–Trinajstić information content (AvgIpc) is 2.68. The van der Waals surface area contributed by atoms with Crippen molar-refractivity contribution >= 4 is 45.2 Å². The minimum atomic E-state index is -0.214. The number of pyridine rings is 1. The fraction of sp³-hybridized carbons (Fsp3) is 0.250. The molecule has 2 heterocycles. The lowest BCUT2D eigenvalue weighted by atomic mass is 9.97. The molecule has 1 unspecified atom stereocenters. The maximum absolute atomic E-state index is 12.2. The first-order valence-corrected chi connectivity index (χ1v) is 9.79. The summed E-state index contributed by atoms with van der Waals surface area (Å²) >= 11 is 8.91. The third kappa shape index (κ3) is 4.99. The lowest BCUT2D eigenvalue weighted by Crippen LogP contribution is -2.46. The molecule has 1 saturated heterocycles. The van der Waals surface area contributed by atoms with E-state index < -0.39 is 0 Å². The predicted octanol–water partition coefficient (Wildman–Crippen LogP) is 4.49. The minimum Gasteiger partial charge on any atom is -0.342 e. The van der Waals surface area contributed by atoms with Crippen LogP contribution in [0.3, 0.4) is 0 Å². The lowest BCUT2D eigenvalue weighted by Gasteiger charge is -2.37. The van der Waals surface area contributed by atoms with E-state index in [-0.39, 0.29) is 11.9 Å². The average molecular weight is 430 g/mol. The van der Waals surface area contributed by atoms with E-state index in [1.165, 1.54) is 6.08 Å². The van der Waals surface area contributed by atoms with Crippen molar-refractivity contribution in [1.82, 2.24) is 15.2 Å². The Balaban J connectivity index is 1.63. The van der Waals surface area contributed by atoms with Gasteiger partial charge in [0.2, 0.25) is 5.91 Å². The van der Waals surface area contributed by atoms with Crippen molar-refractivity contribution in [3.63, 3.8) is 0 Å². The number of likely N-dealkylation sites (tertiary alicyclic amines) is 1. The topological polar surface area (TPSA) is 45.2 Å². The van der Waals surface area contributed by atoms with Gasteiger partial charge in [-0.3, -0.25) is 15.1 Å². The summed E-state index contributed by atoms with van der Waals surface area (Å²) in [5, 5.41) is 3.31. The lowest BCUT2D eigenvalue weighted by molar-refractivity contribution is -0.115. The van der Waals surface area contributed by atoms with E-state index in [0.29, 0.717) is 5.11 Å². The summed E-state index contributed by atoms with van der Waals surface area (Å²) in [6.45, 7) is 0.842. The predicted molar refractivity (Wildman–Crippen MR) is 111 cm³/mol. The first-order valence-electron chi connectivity index (χ1n) is 8.58. The molecule has 1 N–H and O–H groups in total. The van der Waals surface area contributed by atoms with Crippen LogP contribution in [0.15, 0.2) is 59.3 Å². The van der Waals surface area contributed by atoms with E-state index in [0.717, 1.165) is 41.4 Å². The Hall–Kier alpha value is -2.05. The number of amides is 1. The number of thiocarbonyl (C=S) groups is 1. The molecule has 3 rings (SSSR count).